The lowest BCUT2D eigenvalue weighted by Gasteiger charge is -2.40. The van der Waals surface area contributed by atoms with Crippen LogP contribution in [-0.2, 0) is 38.7 Å². The summed E-state index contributed by atoms with van der Waals surface area (Å²) in [4.78, 5) is 25.3. The van der Waals surface area contributed by atoms with Crippen LogP contribution in [0.5, 0.6) is 0 Å². The summed E-state index contributed by atoms with van der Waals surface area (Å²) in [6.45, 7) is 3.67. The minimum absolute atomic E-state index is 0.133. The zero-order valence-corrected chi connectivity index (χ0v) is 36.0. The van der Waals surface area contributed by atoms with E-state index in [1.807, 2.05) is 6.08 Å². The molecule has 4 N–H and O–H groups in total. The average Bonchev–Trinajstić information content (AvgIpc) is 3.17. The third kappa shape index (κ3) is 29.7. The van der Waals surface area contributed by atoms with Crippen LogP contribution in [0.3, 0.4) is 0 Å². The summed E-state index contributed by atoms with van der Waals surface area (Å²) in [5, 5.41) is 30.8. The first kappa shape index (κ1) is 52.9. The Morgan fingerprint density at radius 2 is 1.11 bits per heavy atom. The van der Waals surface area contributed by atoms with Crippen molar-refractivity contribution in [3.63, 3.8) is 0 Å². The second kappa shape index (κ2) is 34.7. The van der Waals surface area contributed by atoms with Crippen LogP contribution in [0.15, 0.2) is 36.5 Å². The molecule has 0 bridgehead atoms. The second-order valence-electron chi connectivity index (χ2n) is 15.4. The van der Waals surface area contributed by atoms with Gasteiger partial charge in [0.15, 0.2) is 12.4 Å². The van der Waals surface area contributed by atoms with Gasteiger partial charge in [-0.15, -0.1) is 0 Å². The van der Waals surface area contributed by atoms with E-state index in [-0.39, 0.29) is 19.4 Å². The number of aliphatic hydroxyl groups is 3. The van der Waals surface area contributed by atoms with Crippen LogP contribution < -0.4 is 0 Å². The van der Waals surface area contributed by atoms with Gasteiger partial charge in [0.1, 0.15) is 36.8 Å². The largest absolute Gasteiger partial charge is 0.462 e. The van der Waals surface area contributed by atoms with Crippen molar-refractivity contribution in [2.45, 2.75) is 211 Å². The number of esters is 2. The Labute approximate surface area is 344 Å². The van der Waals surface area contributed by atoms with Gasteiger partial charge in [0.2, 0.25) is 0 Å². The Balaban J connectivity index is 2.49. The van der Waals surface area contributed by atoms with Crippen LogP contribution in [0.4, 0.5) is 0 Å². The van der Waals surface area contributed by atoms with Crippen LogP contribution in [0.1, 0.15) is 174 Å². The molecule has 2 unspecified atom stereocenters. The number of carbonyl (C=O) groups excluding carboxylic acids is 2. The summed E-state index contributed by atoms with van der Waals surface area (Å²) in [5.41, 5.74) is 0. The fourth-order valence-electron chi connectivity index (χ4n) is 6.47. The molecule has 1 aliphatic heterocycles. The zero-order chi connectivity index (χ0) is 42.0. The van der Waals surface area contributed by atoms with Gasteiger partial charge < -0.3 is 34.3 Å². The highest BCUT2D eigenvalue weighted by atomic mass is 32.2. The SMILES string of the molecule is CCCC/C=C/C/C=C/CCCCCCCC(=O)O[C@H](COC(=O)CC/C=C/CCCCCCCCCCCCC)CO[C@H]1O[C@H](CS(=O)(=O)O)[C@@H](O)C(O)C1O. The molecule has 0 amide bonds. The lowest BCUT2D eigenvalue weighted by molar-refractivity contribution is -0.297. The monoisotopic (exact) mass is 831 g/mol. The molecular formula is C44H78O12S. The van der Waals surface area contributed by atoms with Gasteiger partial charge in [0.05, 0.1) is 6.61 Å². The second-order valence-corrected chi connectivity index (χ2v) is 16.9. The Morgan fingerprint density at radius 3 is 1.68 bits per heavy atom. The van der Waals surface area contributed by atoms with E-state index in [0.717, 1.165) is 57.8 Å². The fourth-order valence-corrected chi connectivity index (χ4v) is 7.17. The average molecular weight is 831 g/mol. The molecule has 1 aliphatic rings. The van der Waals surface area contributed by atoms with E-state index in [9.17, 15) is 37.9 Å². The molecule has 332 valence electrons. The molecule has 12 nitrogen and oxygen atoms in total. The summed E-state index contributed by atoms with van der Waals surface area (Å²) in [6, 6.07) is 0. The van der Waals surface area contributed by atoms with Gasteiger partial charge in [-0.25, -0.2) is 0 Å². The summed E-state index contributed by atoms with van der Waals surface area (Å²) in [7, 11) is -4.60. The number of rotatable bonds is 36. The molecule has 0 aromatic carbocycles. The molecule has 6 atom stereocenters. The number of hydrogen-bond acceptors (Lipinski definition) is 11. The Hall–Kier alpha value is -2.13. The van der Waals surface area contributed by atoms with Crippen molar-refractivity contribution in [1.82, 2.24) is 0 Å². The van der Waals surface area contributed by atoms with Gasteiger partial charge in [-0.1, -0.05) is 147 Å². The maximum atomic E-state index is 12.8. The number of allylic oxidation sites excluding steroid dienone is 6. The van der Waals surface area contributed by atoms with Crippen molar-refractivity contribution in [3.05, 3.63) is 36.5 Å². The Kier molecular flexibility index (Phi) is 32.2. The quantitative estimate of drug-likeness (QED) is 0.0204. The highest BCUT2D eigenvalue weighted by Crippen LogP contribution is 2.24. The maximum Gasteiger partial charge on any atom is 0.306 e. The van der Waals surface area contributed by atoms with E-state index < -0.39 is 71.2 Å². The molecule has 57 heavy (non-hydrogen) atoms. The van der Waals surface area contributed by atoms with Gasteiger partial charge in [-0.2, -0.15) is 8.42 Å². The van der Waals surface area contributed by atoms with Crippen LogP contribution >= 0.6 is 0 Å². The number of hydrogen-bond donors (Lipinski definition) is 4. The Morgan fingerprint density at radius 1 is 0.596 bits per heavy atom. The van der Waals surface area contributed by atoms with Gasteiger partial charge in [-0.3, -0.25) is 14.1 Å². The van der Waals surface area contributed by atoms with Crippen LogP contribution in [-0.4, -0.2) is 96.0 Å². The van der Waals surface area contributed by atoms with E-state index >= 15 is 0 Å². The first-order valence-electron chi connectivity index (χ1n) is 22.0. The van der Waals surface area contributed by atoms with Gasteiger partial charge in [0, 0.05) is 12.8 Å². The van der Waals surface area contributed by atoms with Gasteiger partial charge in [0.25, 0.3) is 10.1 Å². The molecular weight excluding hydrogens is 753 g/mol. The molecule has 1 rings (SSSR count). The summed E-state index contributed by atoms with van der Waals surface area (Å²) >= 11 is 0. The van der Waals surface area contributed by atoms with Crippen molar-refractivity contribution in [2.75, 3.05) is 19.0 Å². The molecule has 0 aliphatic carbocycles. The first-order chi connectivity index (χ1) is 27.5. The highest BCUT2D eigenvalue weighted by Gasteiger charge is 2.46. The molecule has 13 heteroatoms. The molecule has 0 radical (unpaired) electrons. The molecule has 0 aromatic rings. The minimum atomic E-state index is -4.60. The summed E-state index contributed by atoms with van der Waals surface area (Å²) < 4.78 is 53.9. The maximum absolute atomic E-state index is 12.8. The molecule has 1 fully saturated rings. The standard InChI is InChI=1S/C44H78O12S/c1-3-5-7-9-11-13-15-17-19-21-22-24-26-28-30-32-39(45)53-34-37(35-54-44-43(49)42(48)41(47)38(56-44)36-57(50,51)52)55-40(46)33-31-29-27-25-23-20-18-16-14-12-10-8-6-4-2/h10,12,16,18,26,28,37-38,41-44,47-49H,3-9,11,13-15,17,19-25,27,29-36H2,1-2H3,(H,50,51,52)/b12-10+,18-16+,28-26+/t37-,38-,41-,42?,43?,44+/m1/s1. The lowest BCUT2D eigenvalue weighted by Crippen LogP contribution is -2.60. The predicted octanol–water partition coefficient (Wildman–Crippen LogP) is 8.61. The van der Waals surface area contributed by atoms with E-state index in [2.05, 4.69) is 44.2 Å². The Bertz CT molecular complexity index is 1200. The van der Waals surface area contributed by atoms with E-state index in [1.165, 1.54) is 77.0 Å². The van der Waals surface area contributed by atoms with E-state index in [4.69, 9.17) is 18.9 Å². The normalized spacial score (nSPS) is 20.8. The smallest absolute Gasteiger partial charge is 0.306 e. The fraction of sp³-hybridized carbons (Fsp3) is 0.818. The first-order valence-corrected chi connectivity index (χ1v) is 23.7. The predicted molar refractivity (Wildman–Crippen MR) is 224 cm³/mol. The van der Waals surface area contributed by atoms with Crippen molar-refractivity contribution in [3.8, 4) is 0 Å². The lowest BCUT2D eigenvalue weighted by atomic mass is 10.00. The zero-order valence-electron chi connectivity index (χ0n) is 35.2. The molecule has 1 saturated heterocycles. The summed E-state index contributed by atoms with van der Waals surface area (Å²) in [6.07, 6.45) is 29.2. The molecule has 0 aromatic heterocycles. The third-order valence-electron chi connectivity index (χ3n) is 9.96. The number of ether oxygens (including phenoxy) is 4. The number of unbranched alkanes of at least 4 members (excludes halogenated alkanes) is 18. The molecule has 0 saturated carbocycles. The van der Waals surface area contributed by atoms with E-state index in [0.29, 0.717) is 12.8 Å². The minimum Gasteiger partial charge on any atom is -0.462 e. The highest BCUT2D eigenvalue weighted by molar-refractivity contribution is 7.85. The molecule has 1 heterocycles. The van der Waals surface area contributed by atoms with Crippen molar-refractivity contribution in [1.29, 1.82) is 0 Å². The number of aliphatic hydroxyl groups excluding tert-OH is 3. The van der Waals surface area contributed by atoms with Crippen LogP contribution in [0.2, 0.25) is 0 Å². The van der Waals surface area contributed by atoms with Crippen molar-refractivity contribution in [2.24, 2.45) is 0 Å². The number of carbonyl (C=O) groups is 2. The van der Waals surface area contributed by atoms with Crippen molar-refractivity contribution < 1.29 is 56.8 Å². The summed E-state index contributed by atoms with van der Waals surface area (Å²) in [5.74, 6) is -2.06. The van der Waals surface area contributed by atoms with Gasteiger partial charge >= 0.3 is 11.9 Å². The molecule has 0 spiro atoms. The van der Waals surface area contributed by atoms with Gasteiger partial charge in [-0.05, 0) is 51.4 Å². The van der Waals surface area contributed by atoms with Crippen LogP contribution in [0.25, 0.3) is 0 Å². The van der Waals surface area contributed by atoms with Crippen LogP contribution in [0, 0.1) is 0 Å². The topological polar surface area (TPSA) is 186 Å². The third-order valence-corrected chi connectivity index (χ3v) is 10.7. The van der Waals surface area contributed by atoms with E-state index in [1.54, 1.807) is 0 Å². The van der Waals surface area contributed by atoms with Crippen molar-refractivity contribution >= 4 is 22.1 Å².